The molecule has 0 amide bonds. The van der Waals surface area contributed by atoms with Gasteiger partial charge < -0.3 is 4.74 Å². The van der Waals surface area contributed by atoms with Gasteiger partial charge in [0.25, 0.3) is 0 Å². The Morgan fingerprint density at radius 3 is 2.53 bits per heavy atom. The van der Waals surface area contributed by atoms with Crippen LogP contribution in [-0.2, 0) is 9.53 Å². The number of hydrogen-bond acceptors (Lipinski definition) is 4. The fourth-order valence-electron chi connectivity index (χ4n) is 1.11. The standard InChI is InChI=1S/C11H10ClNO4/c1-2-17-11(14)10(13(15)16)7-8-3-5-9(12)6-4-8/h3-7H,2H2,1H3/b10-7-. The molecule has 17 heavy (non-hydrogen) atoms. The smallest absolute Gasteiger partial charge is 0.409 e. The molecule has 0 saturated carbocycles. The number of carbonyl (C=O) groups is 1. The van der Waals surface area contributed by atoms with Gasteiger partial charge in [0.05, 0.1) is 11.5 Å². The summed E-state index contributed by atoms with van der Waals surface area (Å²) in [5.41, 5.74) is -0.0941. The molecule has 5 nitrogen and oxygen atoms in total. The Kier molecular flexibility index (Phi) is 4.66. The van der Waals surface area contributed by atoms with Gasteiger partial charge in [0.2, 0.25) is 0 Å². The molecule has 0 heterocycles. The second-order valence-electron chi connectivity index (χ2n) is 3.06. The third kappa shape index (κ3) is 3.88. The molecule has 0 bridgehead atoms. The second kappa shape index (κ2) is 6.00. The quantitative estimate of drug-likeness (QED) is 0.359. The van der Waals surface area contributed by atoms with Gasteiger partial charge in [-0.3, -0.25) is 10.1 Å². The van der Waals surface area contributed by atoms with Crippen LogP contribution in [0.25, 0.3) is 6.08 Å². The van der Waals surface area contributed by atoms with Crippen LogP contribution >= 0.6 is 11.6 Å². The minimum atomic E-state index is -0.951. The van der Waals surface area contributed by atoms with Crippen LogP contribution in [0.5, 0.6) is 0 Å². The zero-order chi connectivity index (χ0) is 12.8. The highest BCUT2D eigenvalue weighted by atomic mass is 35.5. The summed E-state index contributed by atoms with van der Waals surface area (Å²) < 4.78 is 4.59. The summed E-state index contributed by atoms with van der Waals surface area (Å²) >= 11 is 5.68. The van der Waals surface area contributed by atoms with Crippen LogP contribution in [0.1, 0.15) is 12.5 Å². The van der Waals surface area contributed by atoms with Crippen LogP contribution in [0.2, 0.25) is 5.02 Å². The fourth-order valence-corrected chi connectivity index (χ4v) is 1.23. The molecule has 0 unspecified atom stereocenters. The van der Waals surface area contributed by atoms with Crippen LogP contribution in [-0.4, -0.2) is 17.5 Å². The van der Waals surface area contributed by atoms with Crippen molar-refractivity contribution in [1.29, 1.82) is 0 Å². The zero-order valence-corrected chi connectivity index (χ0v) is 9.81. The molecule has 1 aromatic rings. The summed E-state index contributed by atoms with van der Waals surface area (Å²) in [6.07, 6.45) is 1.15. The molecule has 1 rings (SSSR count). The van der Waals surface area contributed by atoms with E-state index in [-0.39, 0.29) is 6.61 Å². The Hall–Kier alpha value is -1.88. The van der Waals surface area contributed by atoms with Gasteiger partial charge in [-0.1, -0.05) is 23.7 Å². The Labute approximate surface area is 103 Å². The predicted molar refractivity (Wildman–Crippen MR) is 63.1 cm³/mol. The van der Waals surface area contributed by atoms with Crippen molar-refractivity contribution >= 4 is 23.6 Å². The van der Waals surface area contributed by atoms with Crippen LogP contribution < -0.4 is 0 Å². The Bertz CT molecular complexity index is 453. The summed E-state index contributed by atoms with van der Waals surface area (Å²) in [5, 5.41) is 11.2. The van der Waals surface area contributed by atoms with E-state index in [0.29, 0.717) is 10.6 Å². The summed E-state index contributed by atoms with van der Waals surface area (Å²) in [6.45, 7) is 1.67. The normalized spacial score (nSPS) is 11.1. The average Bonchev–Trinajstić information content (AvgIpc) is 2.28. The van der Waals surface area contributed by atoms with E-state index in [1.807, 2.05) is 0 Å². The highest BCUT2D eigenvalue weighted by Crippen LogP contribution is 2.13. The first kappa shape index (κ1) is 13.2. The summed E-state index contributed by atoms with van der Waals surface area (Å²) in [5.74, 6) is -0.951. The Balaban J connectivity index is 3.02. The number of hydrogen-bond donors (Lipinski definition) is 0. The molecule has 1 aromatic carbocycles. The number of halogens is 1. The maximum atomic E-state index is 11.3. The number of nitrogens with zero attached hydrogens (tertiary/aromatic N) is 1. The number of nitro groups is 1. The van der Waals surface area contributed by atoms with Gasteiger partial charge in [-0.15, -0.1) is 0 Å². The van der Waals surface area contributed by atoms with Crippen molar-refractivity contribution in [1.82, 2.24) is 0 Å². The van der Waals surface area contributed by atoms with E-state index in [9.17, 15) is 14.9 Å². The molecule has 0 aliphatic heterocycles. The lowest BCUT2D eigenvalue weighted by Gasteiger charge is -1.99. The molecule has 90 valence electrons. The van der Waals surface area contributed by atoms with E-state index >= 15 is 0 Å². The summed E-state index contributed by atoms with van der Waals surface area (Å²) in [6, 6.07) is 6.31. The molecule has 0 aromatic heterocycles. The van der Waals surface area contributed by atoms with Gasteiger partial charge >= 0.3 is 11.7 Å². The topological polar surface area (TPSA) is 69.4 Å². The van der Waals surface area contributed by atoms with Crippen molar-refractivity contribution < 1.29 is 14.5 Å². The minimum Gasteiger partial charge on any atom is -0.458 e. The molecule has 0 saturated heterocycles. The lowest BCUT2D eigenvalue weighted by atomic mass is 10.2. The van der Waals surface area contributed by atoms with E-state index in [1.165, 1.54) is 0 Å². The van der Waals surface area contributed by atoms with Crippen molar-refractivity contribution in [3.8, 4) is 0 Å². The number of benzene rings is 1. The van der Waals surface area contributed by atoms with E-state index in [4.69, 9.17) is 11.6 Å². The third-order valence-corrected chi connectivity index (χ3v) is 2.11. The van der Waals surface area contributed by atoms with E-state index in [0.717, 1.165) is 6.08 Å². The van der Waals surface area contributed by atoms with Crippen LogP contribution in [0.4, 0.5) is 0 Å². The number of rotatable bonds is 4. The monoisotopic (exact) mass is 255 g/mol. The highest BCUT2D eigenvalue weighted by Gasteiger charge is 2.22. The molecule has 0 atom stereocenters. The van der Waals surface area contributed by atoms with Crippen LogP contribution in [0.15, 0.2) is 30.0 Å². The first-order valence-electron chi connectivity index (χ1n) is 4.83. The van der Waals surface area contributed by atoms with Crippen molar-refractivity contribution in [2.75, 3.05) is 6.61 Å². The molecule has 0 aliphatic rings. The number of ether oxygens (including phenoxy) is 1. The Morgan fingerprint density at radius 1 is 1.47 bits per heavy atom. The van der Waals surface area contributed by atoms with Crippen molar-refractivity contribution in [3.63, 3.8) is 0 Å². The third-order valence-electron chi connectivity index (χ3n) is 1.85. The lowest BCUT2D eigenvalue weighted by Crippen LogP contribution is -2.14. The molecule has 0 N–H and O–H groups in total. The molecular formula is C11H10ClNO4. The van der Waals surface area contributed by atoms with E-state index in [2.05, 4.69) is 4.74 Å². The van der Waals surface area contributed by atoms with Gasteiger partial charge in [0.1, 0.15) is 0 Å². The molecule has 6 heteroatoms. The molecule has 0 fully saturated rings. The highest BCUT2D eigenvalue weighted by molar-refractivity contribution is 6.30. The van der Waals surface area contributed by atoms with Crippen LogP contribution in [0, 0.1) is 10.1 Å². The van der Waals surface area contributed by atoms with Gasteiger partial charge in [0.15, 0.2) is 0 Å². The van der Waals surface area contributed by atoms with Crippen molar-refractivity contribution in [2.45, 2.75) is 6.92 Å². The largest absolute Gasteiger partial charge is 0.458 e. The second-order valence-corrected chi connectivity index (χ2v) is 3.50. The van der Waals surface area contributed by atoms with E-state index in [1.54, 1.807) is 31.2 Å². The molecule has 0 aliphatic carbocycles. The first-order valence-corrected chi connectivity index (χ1v) is 5.21. The van der Waals surface area contributed by atoms with Crippen molar-refractivity contribution in [3.05, 3.63) is 50.7 Å². The fraction of sp³-hybridized carbons (Fsp3) is 0.182. The summed E-state index contributed by atoms with van der Waals surface area (Å²) in [7, 11) is 0. The molecule has 0 radical (unpaired) electrons. The van der Waals surface area contributed by atoms with E-state index < -0.39 is 16.6 Å². The Morgan fingerprint density at radius 2 is 2.06 bits per heavy atom. The van der Waals surface area contributed by atoms with Crippen LogP contribution in [0.3, 0.4) is 0 Å². The first-order chi connectivity index (χ1) is 8.04. The van der Waals surface area contributed by atoms with Crippen molar-refractivity contribution in [2.24, 2.45) is 0 Å². The van der Waals surface area contributed by atoms with Gasteiger partial charge in [-0.2, -0.15) is 0 Å². The summed E-state index contributed by atoms with van der Waals surface area (Å²) in [4.78, 5) is 21.2. The molecule has 0 spiro atoms. The zero-order valence-electron chi connectivity index (χ0n) is 9.05. The lowest BCUT2D eigenvalue weighted by molar-refractivity contribution is -0.419. The van der Waals surface area contributed by atoms with Gasteiger partial charge in [0, 0.05) is 11.1 Å². The maximum absolute atomic E-state index is 11.3. The number of esters is 1. The van der Waals surface area contributed by atoms with Gasteiger partial charge in [-0.05, 0) is 24.6 Å². The number of carbonyl (C=O) groups excluding carboxylic acids is 1. The predicted octanol–water partition coefficient (Wildman–Crippen LogP) is 2.52. The minimum absolute atomic E-state index is 0.0879. The van der Waals surface area contributed by atoms with Gasteiger partial charge in [-0.25, -0.2) is 4.79 Å². The molecular weight excluding hydrogens is 246 g/mol. The maximum Gasteiger partial charge on any atom is 0.409 e. The SMILES string of the molecule is CCOC(=O)/C(=C/c1ccc(Cl)cc1)[N+](=O)[O-]. The average molecular weight is 256 g/mol.